The molecular weight excluding hydrogens is 513 g/mol. The number of nitrogens with zero attached hydrogens (tertiary/aromatic N) is 3. The average molecular weight is 551 g/mol. The topological polar surface area (TPSA) is 70.2 Å². The molecule has 0 bridgehead atoms. The number of hydrogen-bond acceptors (Lipinski definition) is 4. The van der Waals surface area contributed by atoms with Crippen LogP contribution in [0.4, 0.5) is 4.79 Å². The second kappa shape index (κ2) is 9.96. The molecule has 0 aromatic heterocycles. The lowest BCUT2D eigenvalue weighted by Crippen LogP contribution is -2.46. The summed E-state index contributed by atoms with van der Waals surface area (Å²) in [4.78, 5) is 44.8. The van der Waals surface area contributed by atoms with Gasteiger partial charge in [-0.1, -0.05) is 43.1 Å². The zero-order valence-electron chi connectivity index (χ0n) is 22.0. The molecule has 2 saturated heterocycles. The van der Waals surface area contributed by atoms with Crippen LogP contribution in [-0.4, -0.2) is 78.5 Å². The maximum atomic E-state index is 13.6. The van der Waals surface area contributed by atoms with Crippen molar-refractivity contribution in [3.63, 3.8) is 0 Å². The first kappa shape index (κ1) is 26.6. The fraction of sp³-hybridized carbons (Fsp3) is 0.679. The fourth-order valence-electron chi connectivity index (χ4n) is 5.63. The summed E-state index contributed by atoms with van der Waals surface area (Å²) in [5.41, 5.74) is 0.869. The first-order valence-electron chi connectivity index (χ1n) is 13.4. The summed E-state index contributed by atoms with van der Waals surface area (Å²) in [5, 5.41) is 0.927. The van der Waals surface area contributed by atoms with Crippen LogP contribution in [-0.2, 0) is 14.3 Å². The Hall–Kier alpha value is -1.99. The predicted molar refractivity (Wildman–Crippen MR) is 143 cm³/mol. The summed E-state index contributed by atoms with van der Waals surface area (Å²) in [6.07, 6.45) is 5.07. The van der Waals surface area contributed by atoms with E-state index in [0.717, 1.165) is 31.2 Å². The van der Waals surface area contributed by atoms with Gasteiger partial charge in [0.05, 0.1) is 22.7 Å². The number of rotatable bonds is 6. The number of likely N-dealkylation sites (tertiary alicyclic amines) is 2. The summed E-state index contributed by atoms with van der Waals surface area (Å²) in [5.74, 6) is 0.115. The van der Waals surface area contributed by atoms with Crippen molar-refractivity contribution in [1.29, 1.82) is 0 Å². The molecule has 2 heterocycles. The molecule has 4 aliphatic rings. The number of benzene rings is 1. The Balaban J connectivity index is 1.27. The van der Waals surface area contributed by atoms with E-state index < -0.39 is 0 Å². The van der Waals surface area contributed by atoms with Gasteiger partial charge in [-0.3, -0.25) is 9.59 Å². The van der Waals surface area contributed by atoms with Gasteiger partial charge in [0.15, 0.2) is 0 Å². The Morgan fingerprint density at radius 1 is 1.00 bits per heavy atom. The Labute approximate surface area is 229 Å². The van der Waals surface area contributed by atoms with Gasteiger partial charge in [0.2, 0.25) is 11.8 Å². The van der Waals surface area contributed by atoms with Gasteiger partial charge in [-0.15, -0.1) is 0 Å². The van der Waals surface area contributed by atoms with E-state index >= 15 is 0 Å². The molecule has 1 aromatic rings. The zero-order chi connectivity index (χ0) is 26.5. The highest BCUT2D eigenvalue weighted by molar-refractivity contribution is 6.42. The Kier molecular flexibility index (Phi) is 7.16. The van der Waals surface area contributed by atoms with Crippen molar-refractivity contribution in [3.8, 4) is 0 Å². The molecule has 0 spiro atoms. The molecule has 0 unspecified atom stereocenters. The summed E-state index contributed by atoms with van der Waals surface area (Å²) in [6, 6.07) is 5.28. The van der Waals surface area contributed by atoms with E-state index in [2.05, 4.69) is 6.92 Å². The van der Waals surface area contributed by atoms with E-state index in [1.807, 2.05) is 28.9 Å². The van der Waals surface area contributed by atoms with E-state index in [1.165, 1.54) is 0 Å². The molecular formula is C28H37Cl2N3O4. The molecule has 3 amide bonds. The number of piperidine rings is 1. The van der Waals surface area contributed by atoms with Crippen molar-refractivity contribution in [3.05, 3.63) is 33.8 Å². The molecule has 7 nitrogen and oxygen atoms in total. The molecule has 0 N–H and O–H groups in total. The molecule has 2 aliphatic heterocycles. The van der Waals surface area contributed by atoms with Gasteiger partial charge in [-0.2, -0.15) is 0 Å². The lowest BCUT2D eigenvalue weighted by Gasteiger charge is -2.34. The molecule has 5 rings (SSSR count). The van der Waals surface area contributed by atoms with Crippen LogP contribution in [0.5, 0.6) is 0 Å². The number of hydrogen-bond donors (Lipinski definition) is 0. The van der Waals surface area contributed by atoms with E-state index in [4.69, 9.17) is 27.9 Å². The third-order valence-corrected chi connectivity index (χ3v) is 9.79. The standard InChI is InChI=1S/C28H37Cl2N3O4/c1-27(8-9-27)17-37-26(36)31(3)23-16-33(15-20(23)19-4-5-21(29)22(30)14-19)24(34)18-6-12-32(13-7-18)25(35)28(2)10-11-28/h4-5,14,18,20,23H,6-13,15-17H2,1-3H3/t20-,23+/m1/s1. The number of halogens is 2. The molecule has 2 aliphatic carbocycles. The van der Waals surface area contributed by atoms with Gasteiger partial charge in [0.25, 0.3) is 0 Å². The van der Waals surface area contributed by atoms with Gasteiger partial charge >= 0.3 is 6.09 Å². The van der Waals surface area contributed by atoms with Crippen molar-refractivity contribution in [2.75, 3.05) is 39.8 Å². The summed E-state index contributed by atoms with van der Waals surface area (Å²) in [6.45, 7) is 6.76. The fourth-order valence-corrected chi connectivity index (χ4v) is 5.94. The van der Waals surface area contributed by atoms with Gasteiger partial charge in [-0.05, 0) is 56.2 Å². The number of carbonyl (C=O) groups is 3. The first-order chi connectivity index (χ1) is 17.5. The number of carbonyl (C=O) groups excluding carboxylic acids is 3. The van der Waals surface area contributed by atoms with Crippen molar-refractivity contribution in [2.45, 2.75) is 64.3 Å². The Bertz CT molecular complexity index is 1080. The molecule has 9 heteroatoms. The molecule has 1 aromatic carbocycles. The molecule has 4 fully saturated rings. The normalized spacial score (nSPS) is 26.1. The number of ether oxygens (including phenoxy) is 1. The van der Waals surface area contributed by atoms with Crippen LogP contribution in [0.15, 0.2) is 18.2 Å². The number of likely N-dealkylation sites (N-methyl/N-ethyl adjacent to an activating group) is 1. The van der Waals surface area contributed by atoms with Crippen LogP contribution in [0.1, 0.15) is 63.9 Å². The monoisotopic (exact) mass is 549 g/mol. The minimum Gasteiger partial charge on any atom is -0.449 e. The Morgan fingerprint density at radius 2 is 1.68 bits per heavy atom. The van der Waals surface area contributed by atoms with Crippen LogP contribution < -0.4 is 0 Å². The number of amides is 3. The highest BCUT2D eigenvalue weighted by Gasteiger charge is 2.48. The summed E-state index contributed by atoms with van der Waals surface area (Å²) >= 11 is 12.5. The minimum absolute atomic E-state index is 0.101. The highest BCUT2D eigenvalue weighted by atomic mass is 35.5. The van der Waals surface area contributed by atoms with E-state index in [9.17, 15) is 14.4 Å². The molecule has 37 heavy (non-hydrogen) atoms. The van der Waals surface area contributed by atoms with E-state index in [1.54, 1.807) is 18.0 Å². The van der Waals surface area contributed by atoms with Gasteiger partial charge < -0.3 is 19.4 Å². The quantitative estimate of drug-likeness (QED) is 0.489. The van der Waals surface area contributed by atoms with Crippen molar-refractivity contribution < 1.29 is 19.1 Å². The van der Waals surface area contributed by atoms with Gasteiger partial charge in [-0.25, -0.2) is 4.79 Å². The van der Waals surface area contributed by atoms with Crippen LogP contribution in [0.25, 0.3) is 0 Å². The predicted octanol–water partition coefficient (Wildman–Crippen LogP) is 5.20. The first-order valence-corrected chi connectivity index (χ1v) is 14.2. The smallest absolute Gasteiger partial charge is 0.409 e. The third-order valence-electron chi connectivity index (χ3n) is 9.05. The summed E-state index contributed by atoms with van der Waals surface area (Å²) in [7, 11) is 1.75. The molecule has 2 saturated carbocycles. The second-order valence-electron chi connectivity index (χ2n) is 12.2. The van der Waals surface area contributed by atoms with Crippen LogP contribution in [0, 0.1) is 16.7 Å². The maximum absolute atomic E-state index is 13.6. The maximum Gasteiger partial charge on any atom is 0.409 e. The average Bonchev–Trinajstić information content (AvgIpc) is 3.78. The van der Waals surface area contributed by atoms with Crippen molar-refractivity contribution in [2.24, 2.45) is 16.7 Å². The Morgan fingerprint density at radius 3 is 2.27 bits per heavy atom. The lowest BCUT2D eigenvalue weighted by molar-refractivity contribution is -0.142. The van der Waals surface area contributed by atoms with Crippen LogP contribution in [0.2, 0.25) is 10.0 Å². The van der Waals surface area contributed by atoms with Crippen molar-refractivity contribution >= 4 is 41.1 Å². The third kappa shape index (κ3) is 5.58. The molecule has 0 radical (unpaired) electrons. The highest BCUT2D eigenvalue weighted by Crippen LogP contribution is 2.47. The molecule has 202 valence electrons. The minimum atomic E-state index is -0.363. The second-order valence-corrected chi connectivity index (χ2v) is 13.0. The van der Waals surface area contributed by atoms with Crippen LogP contribution in [0.3, 0.4) is 0 Å². The molecule has 2 atom stereocenters. The largest absolute Gasteiger partial charge is 0.449 e. The van der Waals surface area contributed by atoms with E-state index in [0.29, 0.717) is 55.7 Å². The van der Waals surface area contributed by atoms with Gasteiger partial charge in [0, 0.05) is 55.9 Å². The van der Waals surface area contributed by atoms with Gasteiger partial charge in [0.1, 0.15) is 0 Å². The summed E-state index contributed by atoms with van der Waals surface area (Å²) < 4.78 is 5.65. The van der Waals surface area contributed by atoms with Crippen molar-refractivity contribution in [1.82, 2.24) is 14.7 Å². The lowest BCUT2D eigenvalue weighted by atomic mass is 9.93. The SMILES string of the molecule is CN(C(=O)OCC1(C)CC1)[C@H]1CN(C(=O)C2CCN(C(=O)C3(C)CC3)CC2)C[C@@H]1c1ccc(Cl)c(Cl)c1. The van der Waals surface area contributed by atoms with E-state index in [-0.39, 0.29) is 46.6 Å². The zero-order valence-corrected chi connectivity index (χ0v) is 23.5. The van der Waals surface area contributed by atoms with Crippen LogP contribution >= 0.6 is 23.2 Å².